The van der Waals surface area contributed by atoms with Crippen molar-refractivity contribution in [2.45, 2.75) is 20.0 Å². The van der Waals surface area contributed by atoms with Crippen LogP contribution in [0.1, 0.15) is 16.7 Å². The topological polar surface area (TPSA) is 15.7 Å². The summed E-state index contributed by atoms with van der Waals surface area (Å²) in [5.41, 5.74) is 4.10. The molecule has 1 heterocycles. The number of aryl methyl sites for hydroxylation is 1. The van der Waals surface area contributed by atoms with Crippen molar-refractivity contribution in [1.82, 2.24) is 9.80 Å². The highest BCUT2D eigenvalue weighted by Gasteiger charge is 2.17. The fraction of sp³-hybridized carbons (Fsp3) is 0.400. The summed E-state index contributed by atoms with van der Waals surface area (Å²) in [5, 5.41) is 0. The molecule has 1 aliphatic heterocycles. The predicted molar refractivity (Wildman–Crippen MR) is 94.7 cm³/mol. The first kappa shape index (κ1) is 16.0. The van der Waals surface area contributed by atoms with Crippen molar-refractivity contribution in [3.63, 3.8) is 0 Å². The van der Waals surface area contributed by atoms with Crippen LogP contribution in [0.25, 0.3) is 0 Å². The van der Waals surface area contributed by atoms with Gasteiger partial charge in [0.1, 0.15) is 5.75 Å². The first-order chi connectivity index (χ1) is 11.2. The minimum Gasteiger partial charge on any atom is -0.497 e. The third-order valence-corrected chi connectivity index (χ3v) is 4.49. The third kappa shape index (κ3) is 4.57. The average molecular weight is 310 g/mol. The van der Waals surface area contributed by atoms with Gasteiger partial charge in [0.05, 0.1) is 7.11 Å². The highest BCUT2D eigenvalue weighted by atomic mass is 16.5. The number of rotatable bonds is 5. The number of benzene rings is 2. The molecular weight excluding hydrogens is 284 g/mol. The molecule has 1 fully saturated rings. The SMILES string of the molecule is COc1cccc(CN2CCN(Cc3cccc(C)c3)CC2)c1. The number of nitrogens with zero attached hydrogens (tertiary/aromatic N) is 2. The van der Waals surface area contributed by atoms with Crippen LogP contribution in [0.15, 0.2) is 48.5 Å². The lowest BCUT2D eigenvalue weighted by atomic mass is 10.1. The Labute approximate surface area is 139 Å². The van der Waals surface area contributed by atoms with Crippen molar-refractivity contribution in [2.75, 3.05) is 33.3 Å². The molecule has 2 aromatic carbocycles. The van der Waals surface area contributed by atoms with E-state index in [0.717, 1.165) is 45.0 Å². The minimum atomic E-state index is 0.945. The second-order valence-corrected chi connectivity index (χ2v) is 6.39. The van der Waals surface area contributed by atoms with Crippen molar-refractivity contribution >= 4 is 0 Å². The zero-order valence-electron chi connectivity index (χ0n) is 14.2. The Balaban J connectivity index is 1.50. The summed E-state index contributed by atoms with van der Waals surface area (Å²) in [7, 11) is 1.73. The quantitative estimate of drug-likeness (QED) is 0.842. The van der Waals surface area contributed by atoms with E-state index in [0.29, 0.717) is 0 Å². The molecule has 0 amide bonds. The molecule has 122 valence electrons. The van der Waals surface area contributed by atoms with E-state index in [4.69, 9.17) is 4.74 Å². The Hall–Kier alpha value is -1.84. The van der Waals surface area contributed by atoms with E-state index in [1.165, 1.54) is 16.7 Å². The number of piperazine rings is 1. The van der Waals surface area contributed by atoms with Crippen molar-refractivity contribution in [2.24, 2.45) is 0 Å². The largest absolute Gasteiger partial charge is 0.497 e. The fourth-order valence-electron chi connectivity index (χ4n) is 3.20. The molecule has 0 aromatic heterocycles. The van der Waals surface area contributed by atoms with Gasteiger partial charge in [-0.1, -0.05) is 42.0 Å². The summed E-state index contributed by atoms with van der Waals surface area (Å²) in [6.07, 6.45) is 0. The second kappa shape index (κ2) is 7.62. The molecular formula is C20H26N2O. The van der Waals surface area contributed by atoms with Gasteiger partial charge >= 0.3 is 0 Å². The van der Waals surface area contributed by atoms with Crippen molar-refractivity contribution in [3.05, 3.63) is 65.2 Å². The lowest BCUT2D eigenvalue weighted by Gasteiger charge is -2.34. The molecule has 0 spiro atoms. The van der Waals surface area contributed by atoms with Crippen LogP contribution in [-0.2, 0) is 13.1 Å². The summed E-state index contributed by atoms with van der Waals surface area (Å²) in [5.74, 6) is 0.945. The highest BCUT2D eigenvalue weighted by molar-refractivity contribution is 5.28. The van der Waals surface area contributed by atoms with Gasteiger partial charge in [-0.15, -0.1) is 0 Å². The Morgan fingerprint density at radius 2 is 1.39 bits per heavy atom. The van der Waals surface area contributed by atoms with E-state index in [2.05, 4.69) is 59.2 Å². The smallest absolute Gasteiger partial charge is 0.119 e. The van der Waals surface area contributed by atoms with E-state index in [-0.39, 0.29) is 0 Å². The Bertz CT molecular complexity index is 633. The minimum absolute atomic E-state index is 0.945. The van der Waals surface area contributed by atoms with Gasteiger partial charge in [0.15, 0.2) is 0 Å². The molecule has 3 nitrogen and oxygen atoms in total. The van der Waals surface area contributed by atoms with Crippen LogP contribution in [0.2, 0.25) is 0 Å². The van der Waals surface area contributed by atoms with Gasteiger partial charge in [0.2, 0.25) is 0 Å². The Kier molecular flexibility index (Phi) is 5.31. The summed E-state index contributed by atoms with van der Waals surface area (Å²) >= 11 is 0. The standard InChI is InChI=1S/C20H26N2O/c1-17-5-3-6-18(13-17)15-21-9-11-22(12-10-21)16-19-7-4-8-20(14-19)23-2/h3-8,13-14H,9-12,15-16H2,1-2H3. The number of methoxy groups -OCH3 is 1. The number of ether oxygens (including phenoxy) is 1. The molecule has 0 N–H and O–H groups in total. The summed E-state index contributed by atoms with van der Waals surface area (Å²) < 4.78 is 5.31. The zero-order chi connectivity index (χ0) is 16.1. The lowest BCUT2D eigenvalue weighted by Crippen LogP contribution is -2.45. The first-order valence-corrected chi connectivity index (χ1v) is 8.36. The van der Waals surface area contributed by atoms with Gasteiger partial charge < -0.3 is 4.74 Å². The van der Waals surface area contributed by atoms with Crippen LogP contribution in [0.3, 0.4) is 0 Å². The van der Waals surface area contributed by atoms with Gasteiger partial charge in [-0.05, 0) is 30.2 Å². The van der Waals surface area contributed by atoms with Crippen LogP contribution >= 0.6 is 0 Å². The normalized spacial score (nSPS) is 16.4. The van der Waals surface area contributed by atoms with E-state index in [1.807, 2.05) is 6.07 Å². The van der Waals surface area contributed by atoms with Gasteiger partial charge in [-0.3, -0.25) is 9.80 Å². The zero-order valence-corrected chi connectivity index (χ0v) is 14.2. The lowest BCUT2D eigenvalue weighted by molar-refractivity contribution is 0.122. The maximum atomic E-state index is 5.31. The predicted octanol–water partition coefficient (Wildman–Crippen LogP) is 3.32. The maximum Gasteiger partial charge on any atom is 0.119 e. The summed E-state index contributed by atoms with van der Waals surface area (Å²) in [6.45, 7) is 8.77. The van der Waals surface area contributed by atoms with E-state index in [1.54, 1.807) is 7.11 Å². The van der Waals surface area contributed by atoms with Gasteiger partial charge in [-0.25, -0.2) is 0 Å². The summed E-state index contributed by atoms with van der Waals surface area (Å²) in [4.78, 5) is 5.08. The molecule has 3 heteroatoms. The van der Waals surface area contributed by atoms with Crippen LogP contribution in [0, 0.1) is 6.92 Å². The molecule has 0 radical (unpaired) electrons. The first-order valence-electron chi connectivity index (χ1n) is 8.36. The molecule has 0 saturated carbocycles. The molecule has 23 heavy (non-hydrogen) atoms. The van der Waals surface area contributed by atoms with Crippen LogP contribution in [-0.4, -0.2) is 43.1 Å². The molecule has 0 aliphatic carbocycles. The average Bonchev–Trinajstić information content (AvgIpc) is 2.57. The van der Waals surface area contributed by atoms with Crippen LogP contribution in [0.5, 0.6) is 5.75 Å². The molecule has 0 unspecified atom stereocenters. The van der Waals surface area contributed by atoms with Crippen molar-refractivity contribution < 1.29 is 4.74 Å². The molecule has 3 rings (SSSR count). The third-order valence-electron chi connectivity index (χ3n) is 4.49. The molecule has 2 aromatic rings. The van der Waals surface area contributed by atoms with Gasteiger partial charge in [0, 0.05) is 39.3 Å². The van der Waals surface area contributed by atoms with Crippen molar-refractivity contribution in [1.29, 1.82) is 0 Å². The van der Waals surface area contributed by atoms with E-state index >= 15 is 0 Å². The van der Waals surface area contributed by atoms with E-state index < -0.39 is 0 Å². The van der Waals surface area contributed by atoms with E-state index in [9.17, 15) is 0 Å². The molecule has 1 aliphatic rings. The second-order valence-electron chi connectivity index (χ2n) is 6.39. The highest BCUT2D eigenvalue weighted by Crippen LogP contribution is 2.16. The summed E-state index contributed by atoms with van der Waals surface area (Å²) in [6, 6.07) is 17.2. The fourth-order valence-corrected chi connectivity index (χ4v) is 3.20. The monoisotopic (exact) mass is 310 g/mol. The number of hydrogen-bond acceptors (Lipinski definition) is 3. The van der Waals surface area contributed by atoms with Crippen molar-refractivity contribution in [3.8, 4) is 5.75 Å². The Morgan fingerprint density at radius 3 is 1.96 bits per heavy atom. The van der Waals surface area contributed by atoms with Gasteiger partial charge in [0.25, 0.3) is 0 Å². The van der Waals surface area contributed by atoms with Crippen LogP contribution in [0.4, 0.5) is 0 Å². The van der Waals surface area contributed by atoms with Gasteiger partial charge in [-0.2, -0.15) is 0 Å². The molecule has 1 saturated heterocycles. The Morgan fingerprint density at radius 1 is 0.826 bits per heavy atom. The van der Waals surface area contributed by atoms with Crippen LogP contribution < -0.4 is 4.74 Å². The maximum absolute atomic E-state index is 5.31. The molecule has 0 atom stereocenters. The molecule has 0 bridgehead atoms. The number of hydrogen-bond donors (Lipinski definition) is 0.